The smallest absolute Gasteiger partial charge is 0.242 e. The fourth-order valence-electron chi connectivity index (χ4n) is 3.13. The minimum Gasteiger partial charge on any atom is -0.497 e. The van der Waals surface area contributed by atoms with E-state index in [0.29, 0.717) is 35.3 Å². The van der Waals surface area contributed by atoms with Crippen LogP contribution in [0.4, 0.5) is 0 Å². The van der Waals surface area contributed by atoms with Crippen molar-refractivity contribution in [2.45, 2.75) is 38.6 Å². The molecule has 0 aliphatic heterocycles. The first-order chi connectivity index (χ1) is 14.9. The number of rotatable bonds is 11. The maximum atomic E-state index is 13.2. The van der Waals surface area contributed by atoms with Crippen LogP contribution >= 0.6 is 35.0 Å². The molecule has 1 atom stereocenters. The van der Waals surface area contributed by atoms with E-state index in [9.17, 15) is 9.59 Å². The van der Waals surface area contributed by atoms with Crippen molar-refractivity contribution in [1.82, 2.24) is 10.2 Å². The molecule has 2 aromatic rings. The molecule has 0 aliphatic rings. The summed E-state index contributed by atoms with van der Waals surface area (Å²) in [6, 6.07) is 12.3. The van der Waals surface area contributed by atoms with Crippen LogP contribution in [0.25, 0.3) is 0 Å². The molecule has 0 spiro atoms. The SMILES string of the molecule is CCNC(=O)[C@H](CC)N(Cc1ccc(OC)cc1)C(=O)CSCc1c(Cl)cccc1Cl. The third-order valence-electron chi connectivity index (χ3n) is 4.78. The zero-order valence-electron chi connectivity index (χ0n) is 18.0. The predicted molar refractivity (Wildman–Crippen MR) is 129 cm³/mol. The van der Waals surface area contributed by atoms with Crippen LogP contribution in [0.5, 0.6) is 5.75 Å². The van der Waals surface area contributed by atoms with Gasteiger partial charge < -0.3 is 15.0 Å². The van der Waals surface area contributed by atoms with Gasteiger partial charge >= 0.3 is 0 Å². The number of methoxy groups -OCH3 is 1. The van der Waals surface area contributed by atoms with Crippen molar-refractivity contribution in [3.63, 3.8) is 0 Å². The summed E-state index contributed by atoms with van der Waals surface area (Å²) in [7, 11) is 1.61. The van der Waals surface area contributed by atoms with Crippen LogP contribution in [0.1, 0.15) is 31.4 Å². The van der Waals surface area contributed by atoms with Crippen molar-refractivity contribution >= 4 is 46.8 Å². The number of likely N-dealkylation sites (N-methyl/N-ethyl adjacent to an activating group) is 1. The second-order valence-corrected chi connectivity index (χ2v) is 8.68. The first-order valence-corrected chi connectivity index (χ1v) is 12.0. The highest BCUT2D eigenvalue weighted by Crippen LogP contribution is 2.28. The monoisotopic (exact) mass is 482 g/mol. The van der Waals surface area contributed by atoms with E-state index >= 15 is 0 Å². The van der Waals surface area contributed by atoms with E-state index in [1.165, 1.54) is 11.8 Å². The normalized spacial score (nSPS) is 11.6. The first kappa shape index (κ1) is 25.4. The Balaban J connectivity index is 2.15. The summed E-state index contributed by atoms with van der Waals surface area (Å²) >= 11 is 13.9. The standard InChI is InChI=1S/C23H28Cl2N2O3S/c1-4-21(23(29)26-5-2)27(13-16-9-11-17(30-3)12-10-16)22(28)15-31-14-18-19(24)7-6-8-20(18)25/h6-12,21H,4-5,13-15H2,1-3H3,(H,26,29)/t21-/m0/s1. The van der Waals surface area contributed by atoms with E-state index in [0.717, 1.165) is 16.9 Å². The summed E-state index contributed by atoms with van der Waals surface area (Å²) < 4.78 is 5.21. The largest absolute Gasteiger partial charge is 0.497 e. The van der Waals surface area contributed by atoms with E-state index in [2.05, 4.69) is 5.32 Å². The van der Waals surface area contributed by atoms with Gasteiger partial charge in [0.1, 0.15) is 11.8 Å². The Kier molecular flexibility index (Phi) is 10.5. The van der Waals surface area contributed by atoms with Gasteiger partial charge in [-0.15, -0.1) is 11.8 Å². The topological polar surface area (TPSA) is 58.6 Å². The molecule has 1 N–H and O–H groups in total. The zero-order valence-corrected chi connectivity index (χ0v) is 20.3. The molecule has 0 aromatic heterocycles. The second-order valence-electron chi connectivity index (χ2n) is 6.88. The lowest BCUT2D eigenvalue weighted by Gasteiger charge is -2.30. The first-order valence-electron chi connectivity index (χ1n) is 10.1. The van der Waals surface area contributed by atoms with Gasteiger partial charge in [0.15, 0.2) is 0 Å². The molecule has 8 heteroatoms. The lowest BCUT2D eigenvalue weighted by molar-refractivity contribution is -0.139. The van der Waals surface area contributed by atoms with Crippen molar-refractivity contribution < 1.29 is 14.3 Å². The Hall–Kier alpha value is -1.89. The molecule has 0 saturated carbocycles. The molecule has 2 amide bonds. The van der Waals surface area contributed by atoms with Gasteiger partial charge in [-0.05, 0) is 48.7 Å². The van der Waals surface area contributed by atoms with Crippen LogP contribution in [-0.4, -0.2) is 42.2 Å². The number of halogens is 2. The number of hydrogen-bond acceptors (Lipinski definition) is 4. The quantitative estimate of drug-likeness (QED) is 0.479. The summed E-state index contributed by atoms with van der Waals surface area (Å²) in [5, 5.41) is 4.00. The second kappa shape index (κ2) is 12.8. The minimum absolute atomic E-state index is 0.109. The lowest BCUT2D eigenvalue weighted by atomic mass is 10.1. The summed E-state index contributed by atoms with van der Waals surface area (Å²) in [5.74, 6) is 1.21. The zero-order chi connectivity index (χ0) is 22.8. The Bertz CT molecular complexity index is 857. The van der Waals surface area contributed by atoms with Crippen LogP contribution in [0, 0.1) is 0 Å². The Morgan fingerprint density at radius 1 is 1.10 bits per heavy atom. The molecule has 0 fully saturated rings. The third kappa shape index (κ3) is 7.34. The Morgan fingerprint density at radius 2 is 1.74 bits per heavy atom. The fourth-order valence-corrected chi connectivity index (χ4v) is 4.78. The van der Waals surface area contributed by atoms with E-state index in [1.807, 2.05) is 38.1 Å². The van der Waals surface area contributed by atoms with Gasteiger partial charge in [0.05, 0.1) is 12.9 Å². The molecule has 0 unspecified atom stereocenters. The highest BCUT2D eigenvalue weighted by molar-refractivity contribution is 7.99. The number of nitrogens with one attached hydrogen (secondary N) is 1. The predicted octanol–water partition coefficient (Wildman–Crippen LogP) is 5.18. The van der Waals surface area contributed by atoms with Gasteiger partial charge in [0.2, 0.25) is 11.8 Å². The summed E-state index contributed by atoms with van der Waals surface area (Å²) in [6.07, 6.45) is 0.523. The number of hydrogen-bond donors (Lipinski definition) is 1. The maximum Gasteiger partial charge on any atom is 0.242 e. The molecule has 0 heterocycles. The van der Waals surface area contributed by atoms with Crippen molar-refractivity contribution in [3.8, 4) is 5.75 Å². The number of nitrogens with zero attached hydrogens (tertiary/aromatic N) is 1. The van der Waals surface area contributed by atoms with Gasteiger partial charge in [-0.25, -0.2) is 0 Å². The minimum atomic E-state index is -0.543. The Morgan fingerprint density at radius 3 is 2.29 bits per heavy atom. The molecular formula is C23H28Cl2N2O3S. The van der Waals surface area contributed by atoms with Crippen molar-refractivity contribution in [1.29, 1.82) is 0 Å². The van der Waals surface area contributed by atoms with E-state index in [4.69, 9.17) is 27.9 Å². The molecule has 2 aromatic carbocycles. The van der Waals surface area contributed by atoms with Gasteiger partial charge in [-0.1, -0.05) is 48.3 Å². The van der Waals surface area contributed by atoms with E-state index in [1.54, 1.807) is 30.2 Å². The molecule has 168 valence electrons. The average Bonchev–Trinajstić information content (AvgIpc) is 2.76. The van der Waals surface area contributed by atoms with Gasteiger partial charge in [0.25, 0.3) is 0 Å². The molecular weight excluding hydrogens is 455 g/mol. The highest BCUT2D eigenvalue weighted by Gasteiger charge is 2.28. The van der Waals surface area contributed by atoms with Crippen LogP contribution in [0.3, 0.4) is 0 Å². The summed E-state index contributed by atoms with van der Waals surface area (Å²) in [5.41, 5.74) is 1.73. The van der Waals surface area contributed by atoms with Crippen molar-refractivity contribution in [2.24, 2.45) is 0 Å². The molecule has 31 heavy (non-hydrogen) atoms. The van der Waals surface area contributed by atoms with Crippen LogP contribution < -0.4 is 10.1 Å². The van der Waals surface area contributed by atoms with Crippen LogP contribution in [-0.2, 0) is 21.9 Å². The molecule has 5 nitrogen and oxygen atoms in total. The van der Waals surface area contributed by atoms with Crippen LogP contribution in [0.2, 0.25) is 10.0 Å². The van der Waals surface area contributed by atoms with E-state index < -0.39 is 6.04 Å². The molecule has 0 aliphatic carbocycles. The number of benzene rings is 2. The summed E-state index contributed by atoms with van der Waals surface area (Å²) in [6.45, 7) is 4.62. The van der Waals surface area contributed by atoms with Gasteiger partial charge in [0, 0.05) is 28.9 Å². The lowest BCUT2D eigenvalue weighted by Crippen LogP contribution is -2.49. The average molecular weight is 483 g/mol. The third-order valence-corrected chi connectivity index (χ3v) is 6.43. The van der Waals surface area contributed by atoms with Crippen molar-refractivity contribution in [2.75, 3.05) is 19.4 Å². The molecule has 0 saturated heterocycles. The number of thioether (sulfide) groups is 1. The number of carbonyl (C=O) groups is 2. The molecule has 0 radical (unpaired) electrons. The summed E-state index contributed by atoms with van der Waals surface area (Å²) in [4.78, 5) is 27.4. The number of carbonyl (C=O) groups excluding carboxylic acids is 2. The van der Waals surface area contributed by atoms with Gasteiger partial charge in [-0.2, -0.15) is 0 Å². The molecule has 0 bridgehead atoms. The number of amides is 2. The maximum absolute atomic E-state index is 13.2. The fraction of sp³-hybridized carbons (Fsp3) is 0.391. The van der Waals surface area contributed by atoms with E-state index in [-0.39, 0.29) is 17.6 Å². The van der Waals surface area contributed by atoms with Crippen LogP contribution in [0.15, 0.2) is 42.5 Å². The Labute approximate surface area is 198 Å². The molecule has 2 rings (SSSR count). The van der Waals surface area contributed by atoms with Crippen molar-refractivity contribution in [3.05, 3.63) is 63.6 Å². The number of ether oxygens (including phenoxy) is 1. The highest BCUT2D eigenvalue weighted by atomic mass is 35.5. The van der Waals surface area contributed by atoms with Gasteiger partial charge in [-0.3, -0.25) is 9.59 Å².